The van der Waals surface area contributed by atoms with Gasteiger partial charge in [-0.2, -0.15) is 0 Å². The Morgan fingerprint density at radius 2 is 2.00 bits per heavy atom. The number of nitrogens with zero attached hydrogens (tertiary/aromatic N) is 1. The fourth-order valence-corrected chi connectivity index (χ4v) is 1.05. The quantitative estimate of drug-likeness (QED) is 0.348. The number of benzene rings is 1. The zero-order valence-electron chi connectivity index (χ0n) is 8.00. The molecular weight excluding hydrogens is 206 g/mol. The van der Waals surface area contributed by atoms with Crippen LogP contribution in [0.15, 0.2) is 17.3 Å². The summed E-state index contributed by atoms with van der Waals surface area (Å²) in [6.07, 6.45) is 0. The highest BCUT2D eigenvalue weighted by atomic mass is 19.1. The Balaban J connectivity index is 3.19. The van der Waals surface area contributed by atoms with Gasteiger partial charge in [-0.05, 0) is 19.1 Å². The molecule has 1 aromatic rings. The van der Waals surface area contributed by atoms with E-state index in [1.54, 1.807) is 6.92 Å². The molecule has 15 heavy (non-hydrogen) atoms. The number of ether oxygens (including phenoxy) is 1. The van der Waals surface area contributed by atoms with E-state index in [0.717, 1.165) is 12.1 Å². The van der Waals surface area contributed by atoms with Crippen molar-refractivity contribution in [2.75, 3.05) is 6.61 Å². The van der Waals surface area contributed by atoms with Crippen molar-refractivity contribution in [1.82, 2.24) is 0 Å². The van der Waals surface area contributed by atoms with Gasteiger partial charge in [-0.25, -0.2) is 8.78 Å². The third-order valence-electron chi connectivity index (χ3n) is 1.69. The predicted molar refractivity (Wildman–Crippen MR) is 50.0 cm³/mol. The third kappa shape index (κ3) is 2.34. The number of hydrogen-bond donors (Lipinski definition) is 2. The van der Waals surface area contributed by atoms with Gasteiger partial charge >= 0.3 is 0 Å². The van der Waals surface area contributed by atoms with Crippen molar-refractivity contribution in [3.8, 4) is 5.75 Å². The van der Waals surface area contributed by atoms with E-state index in [2.05, 4.69) is 5.16 Å². The van der Waals surface area contributed by atoms with Crippen LogP contribution in [0.25, 0.3) is 0 Å². The van der Waals surface area contributed by atoms with Crippen molar-refractivity contribution in [1.29, 1.82) is 0 Å². The van der Waals surface area contributed by atoms with Gasteiger partial charge in [-0.15, -0.1) is 0 Å². The Hall–Kier alpha value is -1.85. The van der Waals surface area contributed by atoms with Crippen LogP contribution >= 0.6 is 0 Å². The molecule has 0 heterocycles. The first-order valence-corrected chi connectivity index (χ1v) is 4.19. The summed E-state index contributed by atoms with van der Waals surface area (Å²) in [4.78, 5) is 0. The lowest BCUT2D eigenvalue weighted by Gasteiger charge is -2.07. The standard InChI is InChI=1S/C9H10F2N2O2/c1-2-15-8-6(10)3-5(4-7(8)11)9(12)13-14/h3-4,14H,2H2,1H3,(H2,12,13). The Morgan fingerprint density at radius 3 is 2.40 bits per heavy atom. The van der Waals surface area contributed by atoms with E-state index in [1.807, 2.05) is 0 Å². The molecule has 0 aliphatic rings. The lowest BCUT2D eigenvalue weighted by atomic mass is 10.2. The molecule has 0 aliphatic heterocycles. The van der Waals surface area contributed by atoms with Crippen molar-refractivity contribution < 1.29 is 18.7 Å². The van der Waals surface area contributed by atoms with Gasteiger partial charge in [-0.1, -0.05) is 5.16 Å². The van der Waals surface area contributed by atoms with E-state index in [-0.39, 0.29) is 18.0 Å². The molecule has 3 N–H and O–H groups in total. The molecule has 1 rings (SSSR count). The molecule has 82 valence electrons. The Morgan fingerprint density at radius 1 is 1.47 bits per heavy atom. The number of oxime groups is 1. The van der Waals surface area contributed by atoms with Crippen LogP contribution in [-0.4, -0.2) is 17.6 Å². The molecule has 0 fully saturated rings. The lowest BCUT2D eigenvalue weighted by molar-refractivity contribution is 0.302. The van der Waals surface area contributed by atoms with E-state index in [4.69, 9.17) is 15.7 Å². The number of hydrogen-bond acceptors (Lipinski definition) is 3. The van der Waals surface area contributed by atoms with Crippen molar-refractivity contribution in [2.24, 2.45) is 10.9 Å². The van der Waals surface area contributed by atoms with Gasteiger partial charge in [0.05, 0.1) is 6.61 Å². The second-order valence-corrected chi connectivity index (χ2v) is 2.69. The van der Waals surface area contributed by atoms with E-state index >= 15 is 0 Å². The highest BCUT2D eigenvalue weighted by Crippen LogP contribution is 2.23. The van der Waals surface area contributed by atoms with Gasteiger partial charge in [0.2, 0.25) is 0 Å². The zero-order valence-corrected chi connectivity index (χ0v) is 8.00. The zero-order chi connectivity index (χ0) is 11.4. The molecule has 0 radical (unpaired) electrons. The minimum absolute atomic E-state index is 0.0454. The minimum Gasteiger partial charge on any atom is -0.488 e. The van der Waals surface area contributed by atoms with Crippen LogP contribution in [-0.2, 0) is 0 Å². The average molecular weight is 216 g/mol. The van der Waals surface area contributed by atoms with Crippen molar-refractivity contribution >= 4 is 5.84 Å². The summed E-state index contributed by atoms with van der Waals surface area (Å²) >= 11 is 0. The summed E-state index contributed by atoms with van der Waals surface area (Å²) in [5.74, 6) is -2.61. The SMILES string of the molecule is CCOc1c(F)cc(C(N)=NO)cc1F. The molecule has 0 bridgehead atoms. The molecular formula is C9H10F2N2O2. The van der Waals surface area contributed by atoms with Gasteiger partial charge in [0.1, 0.15) is 0 Å². The van der Waals surface area contributed by atoms with Crippen LogP contribution in [0.4, 0.5) is 8.78 Å². The van der Waals surface area contributed by atoms with Crippen molar-refractivity contribution in [3.05, 3.63) is 29.3 Å². The topological polar surface area (TPSA) is 67.8 Å². The largest absolute Gasteiger partial charge is 0.488 e. The first-order valence-electron chi connectivity index (χ1n) is 4.19. The Kier molecular flexibility index (Phi) is 3.43. The Bertz CT molecular complexity index is 371. The van der Waals surface area contributed by atoms with Crippen molar-refractivity contribution in [2.45, 2.75) is 6.92 Å². The van der Waals surface area contributed by atoms with Crippen molar-refractivity contribution in [3.63, 3.8) is 0 Å². The summed E-state index contributed by atoms with van der Waals surface area (Å²) in [5, 5.41) is 11.0. The van der Waals surface area contributed by atoms with Gasteiger partial charge in [0, 0.05) is 5.56 Å². The maximum atomic E-state index is 13.2. The lowest BCUT2D eigenvalue weighted by Crippen LogP contribution is -2.14. The maximum absolute atomic E-state index is 13.2. The predicted octanol–water partition coefficient (Wildman–Crippen LogP) is 1.46. The summed E-state index contributed by atoms with van der Waals surface area (Å²) in [7, 11) is 0. The number of rotatable bonds is 3. The molecule has 6 heteroatoms. The normalized spacial score (nSPS) is 11.5. The minimum atomic E-state index is -0.890. The first-order chi connectivity index (χ1) is 7.10. The first kappa shape index (κ1) is 11.2. The highest BCUT2D eigenvalue weighted by molar-refractivity contribution is 5.97. The summed E-state index contributed by atoms with van der Waals surface area (Å²) in [6.45, 7) is 1.76. The molecule has 0 saturated heterocycles. The summed E-state index contributed by atoms with van der Waals surface area (Å²) < 4.78 is 31.2. The van der Waals surface area contributed by atoms with Gasteiger partial charge < -0.3 is 15.7 Å². The van der Waals surface area contributed by atoms with E-state index < -0.39 is 17.4 Å². The van der Waals surface area contributed by atoms with Crippen LogP contribution in [0.3, 0.4) is 0 Å². The Labute approximate surface area is 85.0 Å². The highest BCUT2D eigenvalue weighted by Gasteiger charge is 2.13. The fourth-order valence-electron chi connectivity index (χ4n) is 1.05. The van der Waals surface area contributed by atoms with Gasteiger partial charge in [0.15, 0.2) is 23.2 Å². The molecule has 0 saturated carbocycles. The van der Waals surface area contributed by atoms with Crippen LogP contribution in [0.1, 0.15) is 12.5 Å². The molecule has 0 spiro atoms. The maximum Gasteiger partial charge on any atom is 0.190 e. The monoisotopic (exact) mass is 216 g/mol. The number of halogens is 2. The average Bonchev–Trinajstić information content (AvgIpc) is 2.22. The van der Waals surface area contributed by atoms with Crippen LogP contribution in [0.2, 0.25) is 0 Å². The second-order valence-electron chi connectivity index (χ2n) is 2.69. The number of amidine groups is 1. The van der Waals surface area contributed by atoms with Crippen LogP contribution in [0.5, 0.6) is 5.75 Å². The molecule has 0 aliphatic carbocycles. The van der Waals surface area contributed by atoms with E-state index in [0.29, 0.717) is 0 Å². The van der Waals surface area contributed by atoms with Gasteiger partial charge in [0.25, 0.3) is 0 Å². The molecule has 4 nitrogen and oxygen atoms in total. The molecule has 0 amide bonds. The van der Waals surface area contributed by atoms with E-state index in [9.17, 15) is 8.78 Å². The second kappa shape index (κ2) is 4.59. The van der Waals surface area contributed by atoms with E-state index in [1.165, 1.54) is 0 Å². The summed E-state index contributed by atoms with van der Waals surface area (Å²) in [5.41, 5.74) is 5.14. The fraction of sp³-hybridized carbons (Fsp3) is 0.222. The van der Waals surface area contributed by atoms with Gasteiger partial charge in [-0.3, -0.25) is 0 Å². The molecule has 0 unspecified atom stereocenters. The van der Waals surface area contributed by atoms with Crippen LogP contribution < -0.4 is 10.5 Å². The molecule has 0 atom stereocenters. The molecule has 1 aromatic carbocycles. The molecule has 0 aromatic heterocycles. The number of nitrogens with two attached hydrogens (primary N) is 1. The summed E-state index contributed by atoms with van der Waals surface area (Å²) in [6, 6.07) is 1.87. The van der Waals surface area contributed by atoms with Crippen LogP contribution in [0, 0.1) is 11.6 Å². The smallest absolute Gasteiger partial charge is 0.190 e. The third-order valence-corrected chi connectivity index (χ3v) is 1.69.